The van der Waals surface area contributed by atoms with Gasteiger partial charge in [0.15, 0.2) is 16.7 Å². The lowest BCUT2D eigenvalue weighted by Gasteiger charge is -2.12. The van der Waals surface area contributed by atoms with Gasteiger partial charge in [0.05, 0.1) is 23.5 Å². The standard InChI is InChI=1S/C26H30N2O5S2/c1-5-7-8-16-33-23-17-20(11-14-22(23)32-4)18-24-25(29)28(15-6-2)26(34-24)27-35(30,31)21-12-9-19(3)10-13-21/h6,9-14,17-18H,2,5,7-8,15-16H2,1,3-4H3. The molecule has 1 aliphatic heterocycles. The zero-order valence-electron chi connectivity index (χ0n) is 20.2. The van der Waals surface area contributed by atoms with Crippen LogP contribution in [0, 0.1) is 6.92 Å². The van der Waals surface area contributed by atoms with Crippen molar-refractivity contribution in [2.75, 3.05) is 20.3 Å². The van der Waals surface area contributed by atoms with Gasteiger partial charge >= 0.3 is 0 Å². The molecular formula is C26H30N2O5S2. The lowest BCUT2D eigenvalue weighted by molar-refractivity contribution is -0.121. The predicted molar refractivity (Wildman–Crippen MR) is 141 cm³/mol. The number of carbonyl (C=O) groups is 1. The van der Waals surface area contributed by atoms with Gasteiger partial charge in [-0.05, 0) is 61.0 Å². The highest BCUT2D eigenvalue weighted by Crippen LogP contribution is 2.35. The molecule has 0 aromatic heterocycles. The summed E-state index contributed by atoms with van der Waals surface area (Å²) in [7, 11) is -2.41. The third-order valence-electron chi connectivity index (χ3n) is 5.21. The molecule has 0 unspecified atom stereocenters. The van der Waals surface area contributed by atoms with E-state index in [1.165, 1.54) is 23.1 Å². The van der Waals surface area contributed by atoms with Gasteiger partial charge in [-0.3, -0.25) is 9.69 Å². The summed E-state index contributed by atoms with van der Waals surface area (Å²) in [6.07, 6.45) is 6.33. The number of carbonyl (C=O) groups excluding carboxylic acids is 1. The first-order chi connectivity index (χ1) is 16.8. The number of hydrogen-bond donors (Lipinski definition) is 0. The number of sulfonamides is 1. The molecule has 35 heavy (non-hydrogen) atoms. The molecule has 0 saturated carbocycles. The van der Waals surface area contributed by atoms with Gasteiger partial charge in [0.25, 0.3) is 15.9 Å². The molecule has 1 saturated heterocycles. The lowest BCUT2D eigenvalue weighted by Crippen LogP contribution is -2.29. The summed E-state index contributed by atoms with van der Waals surface area (Å²) in [5.41, 5.74) is 1.67. The number of benzene rings is 2. The van der Waals surface area contributed by atoms with Crippen molar-refractivity contribution in [2.45, 2.75) is 38.0 Å². The lowest BCUT2D eigenvalue weighted by atomic mass is 10.2. The van der Waals surface area contributed by atoms with Crippen LogP contribution in [-0.4, -0.2) is 44.7 Å². The molecule has 2 aromatic carbocycles. The maximum absolute atomic E-state index is 13.1. The van der Waals surface area contributed by atoms with Crippen LogP contribution < -0.4 is 9.47 Å². The van der Waals surface area contributed by atoms with E-state index in [1.54, 1.807) is 31.4 Å². The molecule has 0 aliphatic carbocycles. The number of nitrogens with zero attached hydrogens (tertiary/aromatic N) is 2. The predicted octanol–water partition coefficient (Wildman–Crippen LogP) is 5.42. The highest BCUT2D eigenvalue weighted by molar-refractivity contribution is 8.19. The van der Waals surface area contributed by atoms with Crippen LogP contribution >= 0.6 is 11.8 Å². The molecule has 0 radical (unpaired) electrons. The van der Waals surface area contributed by atoms with E-state index in [2.05, 4.69) is 17.9 Å². The van der Waals surface area contributed by atoms with Gasteiger partial charge in [-0.2, -0.15) is 8.42 Å². The second-order valence-corrected chi connectivity index (χ2v) is 10.6. The first kappa shape index (κ1) is 26.6. The largest absolute Gasteiger partial charge is 0.493 e. The normalized spacial score (nSPS) is 16.2. The third-order valence-corrected chi connectivity index (χ3v) is 7.61. The number of aryl methyl sites for hydroxylation is 1. The Morgan fingerprint density at radius 3 is 2.51 bits per heavy atom. The summed E-state index contributed by atoms with van der Waals surface area (Å²) in [6.45, 7) is 8.39. The number of thioether (sulfide) groups is 1. The fraction of sp³-hybridized carbons (Fsp3) is 0.308. The van der Waals surface area contributed by atoms with Crippen LogP contribution in [0.3, 0.4) is 0 Å². The van der Waals surface area contributed by atoms with Crippen molar-refractivity contribution in [1.29, 1.82) is 0 Å². The molecule has 2 aromatic rings. The Hall–Kier alpha value is -3.04. The fourth-order valence-corrected chi connectivity index (χ4v) is 5.50. The second kappa shape index (κ2) is 12.1. The summed E-state index contributed by atoms with van der Waals surface area (Å²) in [6, 6.07) is 11.8. The number of rotatable bonds is 11. The maximum atomic E-state index is 13.1. The summed E-state index contributed by atoms with van der Waals surface area (Å²) in [5, 5.41) is 0.0891. The maximum Gasteiger partial charge on any atom is 0.284 e. The van der Waals surface area contributed by atoms with Gasteiger partial charge in [-0.15, -0.1) is 11.0 Å². The van der Waals surface area contributed by atoms with Crippen LogP contribution in [0.4, 0.5) is 0 Å². The molecule has 3 rings (SSSR count). The fourth-order valence-electron chi connectivity index (χ4n) is 3.31. The minimum Gasteiger partial charge on any atom is -0.493 e. The molecule has 1 amide bonds. The van der Waals surface area contributed by atoms with Crippen LogP contribution in [0.2, 0.25) is 0 Å². The number of amidine groups is 1. The third kappa shape index (κ3) is 6.76. The van der Waals surface area contributed by atoms with Crippen LogP contribution in [-0.2, 0) is 14.8 Å². The Balaban J connectivity index is 1.91. The first-order valence-corrected chi connectivity index (χ1v) is 13.6. The summed E-state index contributed by atoms with van der Waals surface area (Å²) in [5.74, 6) is 0.856. The minimum absolute atomic E-state index is 0.0691. The van der Waals surface area contributed by atoms with Crippen LogP contribution in [0.15, 0.2) is 69.3 Å². The van der Waals surface area contributed by atoms with Crippen molar-refractivity contribution in [2.24, 2.45) is 4.40 Å². The molecule has 1 aliphatic rings. The van der Waals surface area contributed by atoms with Gasteiger partial charge < -0.3 is 9.47 Å². The van der Waals surface area contributed by atoms with Crippen LogP contribution in [0.1, 0.15) is 37.3 Å². The number of hydrogen-bond acceptors (Lipinski definition) is 6. The SMILES string of the molecule is C=CCN1C(=O)C(=Cc2ccc(OC)c(OCCCCC)c2)SC1=NS(=O)(=O)c1ccc(C)cc1. The number of amides is 1. The molecule has 0 spiro atoms. The average molecular weight is 515 g/mol. The monoisotopic (exact) mass is 514 g/mol. The van der Waals surface area contributed by atoms with Crippen molar-refractivity contribution in [3.8, 4) is 11.5 Å². The molecule has 1 heterocycles. The molecule has 0 N–H and O–H groups in total. The quantitative estimate of drug-likeness (QED) is 0.226. The van der Waals surface area contributed by atoms with E-state index in [9.17, 15) is 13.2 Å². The molecule has 1 fully saturated rings. The van der Waals surface area contributed by atoms with E-state index in [4.69, 9.17) is 9.47 Å². The van der Waals surface area contributed by atoms with Crippen molar-refractivity contribution in [3.63, 3.8) is 0 Å². The molecule has 0 atom stereocenters. The molecular weight excluding hydrogens is 484 g/mol. The minimum atomic E-state index is -3.99. The second-order valence-electron chi connectivity index (χ2n) is 7.94. The van der Waals surface area contributed by atoms with Crippen LogP contribution in [0.25, 0.3) is 6.08 Å². The number of methoxy groups -OCH3 is 1. The zero-order valence-corrected chi connectivity index (χ0v) is 21.8. The van der Waals surface area contributed by atoms with E-state index in [0.717, 1.165) is 42.2 Å². The van der Waals surface area contributed by atoms with Crippen molar-refractivity contribution in [1.82, 2.24) is 4.90 Å². The Kier molecular flexibility index (Phi) is 9.17. The van der Waals surface area contributed by atoms with Gasteiger partial charge in [-0.25, -0.2) is 0 Å². The highest BCUT2D eigenvalue weighted by atomic mass is 32.2. The zero-order chi connectivity index (χ0) is 25.4. The average Bonchev–Trinajstić information content (AvgIpc) is 3.11. The smallest absolute Gasteiger partial charge is 0.284 e. The van der Waals surface area contributed by atoms with Gasteiger partial charge in [0.1, 0.15) is 0 Å². The van der Waals surface area contributed by atoms with Gasteiger partial charge in [0, 0.05) is 6.54 Å². The van der Waals surface area contributed by atoms with E-state index < -0.39 is 10.0 Å². The molecule has 0 bridgehead atoms. The Bertz CT molecular complexity index is 1230. The van der Waals surface area contributed by atoms with Crippen molar-refractivity contribution < 1.29 is 22.7 Å². The molecule has 9 heteroatoms. The van der Waals surface area contributed by atoms with E-state index >= 15 is 0 Å². The van der Waals surface area contributed by atoms with E-state index in [0.29, 0.717) is 23.0 Å². The van der Waals surface area contributed by atoms with Crippen LogP contribution in [0.5, 0.6) is 11.5 Å². The Morgan fingerprint density at radius 1 is 1.11 bits per heavy atom. The Labute approximate surface area is 211 Å². The Morgan fingerprint density at radius 2 is 1.86 bits per heavy atom. The van der Waals surface area contributed by atoms with Gasteiger partial charge in [0.2, 0.25) is 0 Å². The first-order valence-electron chi connectivity index (χ1n) is 11.3. The summed E-state index contributed by atoms with van der Waals surface area (Å²) >= 11 is 1.02. The van der Waals surface area contributed by atoms with Crippen molar-refractivity contribution >= 4 is 38.9 Å². The summed E-state index contributed by atoms with van der Waals surface area (Å²) in [4.78, 5) is 14.8. The number of unbranched alkanes of at least 4 members (excludes halogenated alkanes) is 2. The summed E-state index contributed by atoms with van der Waals surface area (Å²) < 4.78 is 41.0. The highest BCUT2D eigenvalue weighted by Gasteiger charge is 2.34. The molecule has 186 valence electrons. The molecule has 7 nitrogen and oxygen atoms in total. The van der Waals surface area contributed by atoms with Crippen molar-refractivity contribution in [3.05, 3.63) is 71.2 Å². The van der Waals surface area contributed by atoms with E-state index in [-0.39, 0.29) is 22.5 Å². The topological polar surface area (TPSA) is 85.3 Å². The van der Waals surface area contributed by atoms with E-state index in [1.807, 2.05) is 19.1 Å². The van der Waals surface area contributed by atoms with Gasteiger partial charge in [-0.1, -0.05) is 49.6 Å². The number of ether oxygens (including phenoxy) is 2.